The number of carbonyl (C=O) groups excluding carboxylic acids is 1. The smallest absolute Gasteiger partial charge is 0.243 e. The maximum atomic E-state index is 13.2. The number of hydrogen-bond donors (Lipinski definition) is 2. The third kappa shape index (κ3) is 4.41. The second-order valence-corrected chi connectivity index (χ2v) is 3.37. The van der Waals surface area contributed by atoms with E-state index in [9.17, 15) is 9.18 Å². The largest absolute Gasteiger partial charge is 0.370 e. The summed E-state index contributed by atoms with van der Waals surface area (Å²) >= 11 is 5.53. The van der Waals surface area contributed by atoms with Gasteiger partial charge in [0, 0.05) is 12.7 Å². The van der Waals surface area contributed by atoms with Crippen molar-refractivity contribution in [2.75, 3.05) is 25.1 Å². The summed E-state index contributed by atoms with van der Waals surface area (Å²) in [6, 6.07) is 1.15. The lowest BCUT2D eigenvalue weighted by Gasteiger charge is -2.06. The molecule has 0 unspecified atom stereocenters. The number of pyridine rings is 1. The maximum absolute atomic E-state index is 13.2. The van der Waals surface area contributed by atoms with Crippen molar-refractivity contribution in [2.45, 2.75) is 0 Å². The van der Waals surface area contributed by atoms with Gasteiger partial charge < -0.3 is 15.8 Å². The van der Waals surface area contributed by atoms with Crippen molar-refractivity contribution < 1.29 is 13.9 Å². The lowest BCUT2D eigenvalue weighted by atomic mass is 10.4. The fraction of sp³-hybridized carbons (Fsp3) is 0.333. The summed E-state index contributed by atoms with van der Waals surface area (Å²) in [7, 11) is 0. The first kappa shape index (κ1) is 12.7. The van der Waals surface area contributed by atoms with E-state index >= 15 is 0 Å². The van der Waals surface area contributed by atoms with E-state index in [2.05, 4.69) is 10.3 Å². The zero-order valence-electron chi connectivity index (χ0n) is 8.37. The zero-order chi connectivity index (χ0) is 12.0. The first-order valence-corrected chi connectivity index (χ1v) is 4.88. The summed E-state index contributed by atoms with van der Waals surface area (Å²) in [6.45, 7) is 0.393. The molecule has 1 amide bonds. The molecule has 0 bridgehead atoms. The highest BCUT2D eigenvalue weighted by molar-refractivity contribution is 6.30. The molecule has 0 aliphatic rings. The van der Waals surface area contributed by atoms with E-state index in [1.807, 2.05) is 0 Å². The van der Waals surface area contributed by atoms with Crippen LogP contribution in [0.5, 0.6) is 0 Å². The van der Waals surface area contributed by atoms with Gasteiger partial charge in [-0.1, -0.05) is 11.6 Å². The van der Waals surface area contributed by atoms with Gasteiger partial charge in [-0.15, -0.1) is 0 Å². The van der Waals surface area contributed by atoms with Gasteiger partial charge >= 0.3 is 0 Å². The number of hydrogen-bond acceptors (Lipinski definition) is 4. The Kier molecular flexibility index (Phi) is 4.94. The number of halogens is 2. The molecule has 1 rings (SSSR count). The van der Waals surface area contributed by atoms with E-state index in [4.69, 9.17) is 22.1 Å². The molecule has 1 aromatic rings. The van der Waals surface area contributed by atoms with Crippen molar-refractivity contribution in [3.63, 3.8) is 0 Å². The minimum Gasteiger partial charge on any atom is -0.370 e. The lowest BCUT2D eigenvalue weighted by molar-refractivity contribution is -0.122. The molecule has 0 aliphatic carbocycles. The van der Waals surface area contributed by atoms with Crippen LogP contribution in [0.2, 0.25) is 5.02 Å². The molecule has 0 saturated heterocycles. The highest BCUT2D eigenvalue weighted by Crippen LogP contribution is 2.14. The summed E-state index contributed by atoms with van der Waals surface area (Å²) in [5.41, 5.74) is 4.86. The van der Waals surface area contributed by atoms with Crippen LogP contribution in [0.1, 0.15) is 0 Å². The van der Waals surface area contributed by atoms with Gasteiger partial charge in [-0.25, -0.2) is 9.37 Å². The highest BCUT2D eigenvalue weighted by Gasteiger charge is 2.03. The SMILES string of the molecule is NC(=O)COCCNc1ncc(Cl)cc1F. The molecule has 0 spiro atoms. The van der Waals surface area contributed by atoms with Crippen molar-refractivity contribution in [1.82, 2.24) is 4.98 Å². The monoisotopic (exact) mass is 247 g/mol. The van der Waals surface area contributed by atoms with Crippen molar-refractivity contribution >= 4 is 23.3 Å². The number of rotatable bonds is 6. The standard InChI is InChI=1S/C9H11ClFN3O2/c10-6-3-7(11)9(14-4-6)13-1-2-16-5-8(12)15/h3-4H,1-2,5H2,(H2,12,15)(H,13,14). The van der Waals surface area contributed by atoms with E-state index in [0.717, 1.165) is 6.07 Å². The molecule has 1 heterocycles. The van der Waals surface area contributed by atoms with Gasteiger partial charge in [0.25, 0.3) is 0 Å². The van der Waals surface area contributed by atoms with Gasteiger partial charge in [0.1, 0.15) is 6.61 Å². The van der Waals surface area contributed by atoms with Crippen LogP contribution in [0, 0.1) is 5.82 Å². The Labute approximate surface area is 96.7 Å². The second kappa shape index (κ2) is 6.24. The number of amides is 1. The number of nitrogens with zero attached hydrogens (tertiary/aromatic N) is 1. The van der Waals surface area contributed by atoms with Crippen LogP contribution in [0.4, 0.5) is 10.2 Å². The summed E-state index contributed by atoms with van der Waals surface area (Å²) in [4.78, 5) is 14.1. The lowest BCUT2D eigenvalue weighted by Crippen LogP contribution is -2.20. The number of nitrogens with one attached hydrogen (secondary N) is 1. The Hall–Kier alpha value is -1.40. The molecule has 0 atom stereocenters. The van der Waals surface area contributed by atoms with Gasteiger partial charge in [0.2, 0.25) is 5.91 Å². The molecule has 0 aromatic carbocycles. The Morgan fingerprint density at radius 2 is 2.44 bits per heavy atom. The molecule has 5 nitrogen and oxygen atoms in total. The number of anilines is 1. The maximum Gasteiger partial charge on any atom is 0.243 e. The fourth-order valence-electron chi connectivity index (χ4n) is 0.959. The van der Waals surface area contributed by atoms with Crippen LogP contribution in [0.15, 0.2) is 12.3 Å². The summed E-state index contributed by atoms with van der Waals surface area (Å²) in [5.74, 6) is -0.995. The molecular formula is C9H11ClFN3O2. The van der Waals surface area contributed by atoms with Gasteiger partial charge in [-0.05, 0) is 6.07 Å². The minimum atomic E-state index is -0.546. The van der Waals surface area contributed by atoms with Crippen LogP contribution in [-0.2, 0) is 9.53 Å². The molecule has 0 saturated carbocycles. The topological polar surface area (TPSA) is 77.2 Å². The van der Waals surface area contributed by atoms with Crippen LogP contribution in [-0.4, -0.2) is 30.6 Å². The Morgan fingerprint density at radius 1 is 1.69 bits per heavy atom. The van der Waals surface area contributed by atoms with Gasteiger partial charge in [0.05, 0.1) is 11.6 Å². The third-order valence-corrected chi connectivity index (χ3v) is 1.80. The Bertz CT molecular complexity index is 376. The van der Waals surface area contributed by atoms with E-state index in [-0.39, 0.29) is 24.1 Å². The molecule has 3 N–H and O–H groups in total. The van der Waals surface area contributed by atoms with Crippen molar-refractivity contribution in [3.05, 3.63) is 23.1 Å². The van der Waals surface area contributed by atoms with Crippen molar-refractivity contribution in [1.29, 1.82) is 0 Å². The molecule has 0 fully saturated rings. The predicted molar refractivity (Wildman–Crippen MR) is 57.7 cm³/mol. The fourth-order valence-corrected chi connectivity index (χ4v) is 1.10. The molecule has 7 heteroatoms. The van der Waals surface area contributed by atoms with Crippen LogP contribution in [0.3, 0.4) is 0 Å². The van der Waals surface area contributed by atoms with Crippen molar-refractivity contribution in [3.8, 4) is 0 Å². The van der Waals surface area contributed by atoms with Crippen molar-refractivity contribution in [2.24, 2.45) is 5.73 Å². The average Bonchev–Trinajstić information content (AvgIpc) is 2.20. The zero-order valence-corrected chi connectivity index (χ0v) is 9.13. The molecule has 16 heavy (non-hydrogen) atoms. The normalized spacial score (nSPS) is 10.1. The number of aromatic nitrogens is 1. The van der Waals surface area contributed by atoms with Crippen LogP contribution in [0.25, 0.3) is 0 Å². The quantitative estimate of drug-likeness (QED) is 0.729. The van der Waals surface area contributed by atoms with Crippen LogP contribution >= 0.6 is 11.6 Å². The molecule has 1 aromatic heterocycles. The molecule has 0 aliphatic heterocycles. The Morgan fingerprint density at radius 3 is 3.06 bits per heavy atom. The summed E-state index contributed by atoms with van der Waals surface area (Å²) < 4.78 is 18.0. The highest BCUT2D eigenvalue weighted by atomic mass is 35.5. The Balaban J connectivity index is 2.29. The van der Waals surface area contributed by atoms with E-state index in [0.29, 0.717) is 6.54 Å². The molecule has 88 valence electrons. The minimum absolute atomic E-state index is 0.0899. The first-order valence-electron chi connectivity index (χ1n) is 4.50. The molecule has 0 radical (unpaired) electrons. The second-order valence-electron chi connectivity index (χ2n) is 2.93. The third-order valence-electron chi connectivity index (χ3n) is 1.59. The molecular weight excluding hydrogens is 237 g/mol. The first-order chi connectivity index (χ1) is 7.59. The number of nitrogens with two attached hydrogens (primary N) is 1. The van der Waals surface area contributed by atoms with E-state index in [1.54, 1.807) is 0 Å². The van der Waals surface area contributed by atoms with Gasteiger partial charge in [0.15, 0.2) is 11.6 Å². The van der Waals surface area contributed by atoms with E-state index < -0.39 is 11.7 Å². The number of carbonyl (C=O) groups is 1. The number of primary amides is 1. The summed E-state index contributed by atoms with van der Waals surface area (Å²) in [5, 5.41) is 2.92. The number of ether oxygens (including phenoxy) is 1. The van der Waals surface area contributed by atoms with Gasteiger partial charge in [-0.3, -0.25) is 4.79 Å². The van der Waals surface area contributed by atoms with E-state index in [1.165, 1.54) is 6.20 Å². The van der Waals surface area contributed by atoms with Gasteiger partial charge in [-0.2, -0.15) is 0 Å². The summed E-state index contributed by atoms with van der Waals surface area (Å²) in [6.07, 6.45) is 1.33. The predicted octanol–water partition coefficient (Wildman–Crippen LogP) is 0.788. The van der Waals surface area contributed by atoms with Crippen LogP contribution < -0.4 is 11.1 Å². The average molecular weight is 248 g/mol.